The number of halogens is 1. The van der Waals surface area contributed by atoms with Crippen LogP contribution in [0.4, 0.5) is 4.39 Å². The molecule has 7 aromatic rings. The van der Waals surface area contributed by atoms with Gasteiger partial charge in [0, 0.05) is 10.9 Å². The molecule has 2 heterocycles. The number of benzene rings is 5. The first-order chi connectivity index (χ1) is 24.5. The van der Waals surface area contributed by atoms with Crippen molar-refractivity contribution in [1.29, 1.82) is 0 Å². The fraction of sp³-hybridized carbons (Fsp3) is 0.128. The molecular formula is C39H34FN5O4S2. The number of sulfonamides is 1. The molecule has 2 aromatic heterocycles. The van der Waals surface area contributed by atoms with Crippen LogP contribution in [0.15, 0.2) is 143 Å². The van der Waals surface area contributed by atoms with E-state index in [1.807, 2.05) is 56.3 Å². The predicted molar refractivity (Wildman–Crippen MR) is 194 cm³/mol. The van der Waals surface area contributed by atoms with E-state index in [1.165, 1.54) is 20.4 Å². The van der Waals surface area contributed by atoms with Gasteiger partial charge in [0.2, 0.25) is 10.0 Å². The van der Waals surface area contributed by atoms with E-state index in [-0.39, 0.29) is 34.4 Å². The Balaban J connectivity index is 1.41. The maximum absolute atomic E-state index is 14.7. The molecule has 0 saturated heterocycles. The van der Waals surface area contributed by atoms with E-state index in [4.69, 9.17) is 0 Å². The van der Waals surface area contributed by atoms with Crippen molar-refractivity contribution < 1.29 is 21.2 Å². The van der Waals surface area contributed by atoms with Crippen molar-refractivity contribution in [1.82, 2.24) is 23.3 Å². The van der Waals surface area contributed by atoms with Gasteiger partial charge in [0.25, 0.3) is 10.0 Å². The highest BCUT2D eigenvalue weighted by molar-refractivity contribution is 7.90. The highest BCUT2D eigenvalue weighted by Gasteiger charge is 2.33. The zero-order valence-electron chi connectivity index (χ0n) is 27.9. The lowest BCUT2D eigenvalue weighted by atomic mass is 10.0. The van der Waals surface area contributed by atoms with Crippen LogP contribution in [0.3, 0.4) is 0 Å². The molecule has 7 rings (SSSR count). The van der Waals surface area contributed by atoms with Crippen molar-refractivity contribution in [2.24, 2.45) is 0 Å². The molecule has 0 aliphatic carbocycles. The molecule has 0 aliphatic rings. The Morgan fingerprint density at radius 1 is 0.686 bits per heavy atom. The molecule has 0 amide bonds. The molecule has 9 nitrogen and oxygen atoms in total. The Hall–Kier alpha value is -5.43. The van der Waals surface area contributed by atoms with E-state index >= 15 is 0 Å². The zero-order valence-corrected chi connectivity index (χ0v) is 29.5. The fourth-order valence-corrected chi connectivity index (χ4v) is 9.04. The summed E-state index contributed by atoms with van der Waals surface area (Å²) in [7, 11) is -8.46. The molecule has 0 aliphatic heterocycles. The van der Waals surface area contributed by atoms with Gasteiger partial charge in [0.05, 0.1) is 52.5 Å². The molecule has 0 N–H and O–H groups in total. The summed E-state index contributed by atoms with van der Waals surface area (Å²) in [5, 5.41) is 9.16. The highest BCUT2D eigenvalue weighted by atomic mass is 32.2. The summed E-state index contributed by atoms with van der Waals surface area (Å²) in [4.78, 5) is 0.128. The zero-order chi connectivity index (χ0) is 35.8. The minimum absolute atomic E-state index is 0.0529. The largest absolute Gasteiger partial charge is 0.268 e. The van der Waals surface area contributed by atoms with Gasteiger partial charge in [-0.1, -0.05) is 101 Å². The van der Waals surface area contributed by atoms with E-state index in [9.17, 15) is 21.2 Å². The Labute approximate surface area is 296 Å². The van der Waals surface area contributed by atoms with Gasteiger partial charge < -0.3 is 0 Å². The second-order valence-electron chi connectivity index (χ2n) is 12.4. The van der Waals surface area contributed by atoms with Crippen molar-refractivity contribution >= 4 is 30.9 Å². The first kappa shape index (κ1) is 34.0. The van der Waals surface area contributed by atoms with Crippen molar-refractivity contribution in [3.05, 3.63) is 167 Å². The molecule has 0 fully saturated rings. The number of hydrogen-bond donors (Lipinski definition) is 0. The third kappa shape index (κ3) is 6.85. The molecular weight excluding hydrogens is 686 g/mol. The van der Waals surface area contributed by atoms with Crippen LogP contribution >= 0.6 is 0 Å². The van der Waals surface area contributed by atoms with Crippen LogP contribution in [0.2, 0.25) is 0 Å². The quantitative estimate of drug-likeness (QED) is 0.139. The van der Waals surface area contributed by atoms with E-state index in [0.717, 1.165) is 22.3 Å². The summed E-state index contributed by atoms with van der Waals surface area (Å²) >= 11 is 0. The van der Waals surface area contributed by atoms with E-state index in [0.29, 0.717) is 28.7 Å². The first-order valence-electron chi connectivity index (χ1n) is 16.2. The maximum atomic E-state index is 14.7. The molecule has 258 valence electrons. The van der Waals surface area contributed by atoms with Crippen LogP contribution in [-0.2, 0) is 39.7 Å². The minimum Gasteiger partial charge on any atom is -0.248 e. The van der Waals surface area contributed by atoms with Gasteiger partial charge in [-0.25, -0.2) is 29.9 Å². The van der Waals surface area contributed by atoms with Gasteiger partial charge in [-0.2, -0.15) is 4.31 Å². The number of hydrogen-bond acceptors (Lipinski definition) is 6. The summed E-state index contributed by atoms with van der Waals surface area (Å²) in [6, 6.07) is 35.7. The van der Waals surface area contributed by atoms with Crippen molar-refractivity contribution in [2.75, 3.05) is 0 Å². The molecule has 0 bridgehead atoms. The molecule has 0 unspecified atom stereocenters. The normalized spacial score (nSPS) is 12.2. The number of nitrogens with zero attached hydrogens (tertiary/aromatic N) is 5. The van der Waals surface area contributed by atoms with Gasteiger partial charge in [-0.3, -0.25) is 0 Å². The Morgan fingerprint density at radius 3 is 1.96 bits per heavy atom. The number of para-hydroxylation sites is 1. The van der Waals surface area contributed by atoms with Gasteiger partial charge in [0.15, 0.2) is 0 Å². The van der Waals surface area contributed by atoms with Gasteiger partial charge in [0.1, 0.15) is 5.82 Å². The van der Waals surface area contributed by atoms with Crippen LogP contribution < -0.4 is 0 Å². The molecule has 51 heavy (non-hydrogen) atoms. The number of aromatic nitrogens is 4. The standard InChI is InChI=1S/C39H34FN5O4S2/c1-28-12-20-34(21-13-28)50(46,47)44(26-33-25-43(42-41-33)24-30-16-18-32(40)19-17-30)27-38-39(31-8-4-3-5-9-31)36-10-6-7-11-37(36)45(38)51(48,49)35-22-14-29(2)15-23-35/h3-23,25H,24,26-27H2,1-2H3. The summed E-state index contributed by atoms with van der Waals surface area (Å²) < 4.78 is 76.1. The number of aryl methyl sites for hydroxylation is 2. The second-order valence-corrected chi connectivity index (χ2v) is 16.1. The lowest BCUT2D eigenvalue weighted by Crippen LogP contribution is -2.32. The van der Waals surface area contributed by atoms with E-state index in [2.05, 4.69) is 10.3 Å². The third-order valence-corrected chi connectivity index (χ3v) is 12.3. The molecule has 12 heteroatoms. The van der Waals surface area contributed by atoms with Crippen LogP contribution in [-0.4, -0.2) is 40.1 Å². The number of rotatable bonds is 11. The van der Waals surface area contributed by atoms with Gasteiger partial charge in [-0.05, 0) is 67.4 Å². The highest BCUT2D eigenvalue weighted by Crippen LogP contribution is 2.39. The molecule has 0 radical (unpaired) electrons. The van der Waals surface area contributed by atoms with Gasteiger partial charge in [-0.15, -0.1) is 5.10 Å². The first-order valence-corrected chi connectivity index (χ1v) is 19.1. The van der Waals surface area contributed by atoms with Crippen LogP contribution in [0.25, 0.3) is 22.0 Å². The Kier molecular flexibility index (Phi) is 9.15. The molecule has 0 atom stereocenters. The van der Waals surface area contributed by atoms with Crippen LogP contribution in [0.1, 0.15) is 28.1 Å². The van der Waals surface area contributed by atoms with E-state index < -0.39 is 20.0 Å². The number of fused-ring (bicyclic) bond motifs is 1. The maximum Gasteiger partial charge on any atom is 0.268 e. The smallest absolute Gasteiger partial charge is 0.248 e. The van der Waals surface area contributed by atoms with Crippen LogP contribution in [0, 0.1) is 19.7 Å². The van der Waals surface area contributed by atoms with Crippen molar-refractivity contribution in [2.45, 2.75) is 43.3 Å². The SMILES string of the molecule is Cc1ccc(S(=O)(=O)N(Cc2cn(Cc3ccc(F)cc3)nn2)Cc2c(-c3ccccc3)c3ccccc3n2S(=O)(=O)c2ccc(C)cc2)cc1. The average molecular weight is 720 g/mol. The fourth-order valence-electron chi connectivity index (χ4n) is 6.12. The predicted octanol–water partition coefficient (Wildman–Crippen LogP) is 7.33. The summed E-state index contributed by atoms with van der Waals surface area (Å²) in [6.45, 7) is 3.52. The topological polar surface area (TPSA) is 107 Å². The Morgan fingerprint density at radius 2 is 1.29 bits per heavy atom. The summed E-state index contributed by atoms with van der Waals surface area (Å²) in [5.41, 5.74) is 4.96. The summed E-state index contributed by atoms with van der Waals surface area (Å²) in [6.07, 6.45) is 1.64. The minimum atomic E-state index is -4.23. The summed E-state index contributed by atoms with van der Waals surface area (Å²) in [5.74, 6) is -0.355. The van der Waals surface area contributed by atoms with E-state index in [1.54, 1.807) is 83.7 Å². The molecule has 0 spiro atoms. The average Bonchev–Trinajstić information content (AvgIpc) is 3.71. The molecule has 5 aromatic carbocycles. The Bertz CT molecular complexity index is 2550. The lowest BCUT2D eigenvalue weighted by molar-refractivity contribution is 0.392. The second kappa shape index (κ2) is 13.7. The van der Waals surface area contributed by atoms with Crippen LogP contribution in [0.5, 0.6) is 0 Å². The van der Waals surface area contributed by atoms with Gasteiger partial charge >= 0.3 is 0 Å². The van der Waals surface area contributed by atoms with Crippen molar-refractivity contribution in [3.8, 4) is 11.1 Å². The third-order valence-electron chi connectivity index (χ3n) is 8.71. The molecule has 0 saturated carbocycles. The lowest BCUT2D eigenvalue weighted by Gasteiger charge is -2.23. The van der Waals surface area contributed by atoms with Crippen molar-refractivity contribution in [3.63, 3.8) is 0 Å². The monoisotopic (exact) mass is 719 g/mol.